The number of halogens is 1. The maximum Gasteiger partial charge on any atom is 0.407 e. The van der Waals surface area contributed by atoms with Gasteiger partial charge in [0, 0.05) is 15.5 Å². The molecular formula is C25H22INO4. The molecule has 5 nitrogen and oxygen atoms in total. The van der Waals surface area contributed by atoms with Gasteiger partial charge in [0.1, 0.15) is 6.61 Å². The summed E-state index contributed by atoms with van der Waals surface area (Å²) < 4.78 is 6.66. The van der Waals surface area contributed by atoms with E-state index in [4.69, 9.17) is 4.74 Å². The Morgan fingerprint density at radius 2 is 1.52 bits per heavy atom. The zero-order chi connectivity index (χ0) is 21.8. The lowest BCUT2D eigenvalue weighted by molar-refractivity contribution is -0.137. The predicted molar refractivity (Wildman–Crippen MR) is 127 cm³/mol. The van der Waals surface area contributed by atoms with Gasteiger partial charge in [-0.2, -0.15) is 0 Å². The second kappa shape index (κ2) is 9.51. The van der Waals surface area contributed by atoms with Crippen molar-refractivity contribution in [2.75, 3.05) is 6.61 Å². The summed E-state index contributed by atoms with van der Waals surface area (Å²) in [6.45, 7) is 0.198. The summed E-state index contributed by atoms with van der Waals surface area (Å²) in [6, 6.07) is 23.5. The number of carbonyl (C=O) groups is 2. The molecule has 0 aliphatic heterocycles. The van der Waals surface area contributed by atoms with Crippen LogP contribution in [0, 0.1) is 3.57 Å². The normalized spacial score (nSPS) is 13.2. The van der Waals surface area contributed by atoms with E-state index in [2.05, 4.69) is 52.2 Å². The quantitative estimate of drug-likeness (QED) is 0.414. The number of carboxylic acid groups (broad SMARTS) is 1. The fourth-order valence-electron chi connectivity index (χ4n) is 4.10. The number of rotatable bonds is 7. The van der Waals surface area contributed by atoms with Gasteiger partial charge >= 0.3 is 12.1 Å². The van der Waals surface area contributed by atoms with Gasteiger partial charge < -0.3 is 15.2 Å². The van der Waals surface area contributed by atoms with Crippen molar-refractivity contribution < 1.29 is 19.4 Å². The lowest BCUT2D eigenvalue weighted by atomic mass is 9.98. The molecule has 0 saturated carbocycles. The molecule has 1 aliphatic rings. The molecule has 0 bridgehead atoms. The molecule has 4 rings (SSSR count). The fraction of sp³-hybridized carbons (Fsp3) is 0.200. The summed E-state index contributed by atoms with van der Waals surface area (Å²) in [7, 11) is 0. The van der Waals surface area contributed by atoms with Crippen LogP contribution in [0.25, 0.3) is 11.1 Å². The molecule has 0 saturated heterocycles. The maximum absolute atomic E-state index is 12.5. The van der Waals surface area contributed by atoms with Crippen molar-refractivity contribution in [3.05, 3.63) is 93.1 Å². The zero-order valence-electron chi connectivity index (χ0n) is 16.8. The van der Waals surface area contributed by atoms with Crippen molar-refractivity contribution in [2.45, 2.75) is 24.8 Å². The van der Waals surface area contributed by atoms with E-state index in [0.717, 1.165) is 31.4 Å². The Bertz CT molecular complexity index is 1050. The Kier molecular flexibility index (Phi) is 6.56. The minimum Gasteiger partial charge on any atom is -0.481 e. The van der Waals surface area contributed by atoms with Crippen LogP contribution in [0.5, 0.6) is 0 Å². The average molecular weight is 527 g/mol. The monoisotopic (exact) mass is 527 g/mol. The van der Waals surface area contributed by atoms with Crippen LogP contribution in [0.3, 0.4) is 0 Å². The van der Waals surface area contributed by atoms with Crippen LogP contribution in [0.15, 0.2) is 72.8 Å². The third kappa shape index (κ3) is 5.07. The van der Waals surface area contributed by atoms with Gasteiger partial charge in [-0.25, -0.2) is 4.79 Å². The van der Waals surface area contributed by atoms with Gasteiger partial charge in [0.15, 0.2) is 0 Å². The Morgan fingerprint density at radius 1 is 0.935 bits per heavy atom. The van der Waals surface area contributed by atoms with Gasteiger partial charge in [-0.05, 0) is 69.0 Å². The maximum atomic E-state index is 12.5. The molecule has 0 spiro atoms. The highest BCUT2D eigenvalue weighted by atomic mass is 127. The van der Waals surface area contributed by atoms with Crippen molar-refractivity contribution in [3.8, 4) is 11.1 Å². The van der Waals surface area contributed by atoms with Gasteiger partial charge in [-0.15, -0.1) is 0 Å². The first kappa shape index (κ1) is 21.4. The van der Waals surface area contributed by atoms with E-state index in [1.54, 1.807) is 0 Å². The zero-order valence-corrected chi connectivity index (χ0v) is 18.9. The molecule has 1 amide bonds. The lowest BCUT2D eigenvalue weighted by Crippen LogP contribution is -2.39. The van der Waals surface area contributed by atoms with E-state index in [1.807, 2.05) is 48.5 Å². The number of carbonyl (C=O) groups excluding carboxylic acids is 1. The highest BCUT2D eigenvalue weighted by Gasteiger charge is 2.29. The van der Waals surface area contributed by atoms with Crippen LogP contribution < -0.4 is 5.32 Å². The molecule has 0 aromatic heterocycles. The van der Waals surface area contributed by atoms with Gasteiger partial charge in [-0.3, -0.25) is 4.79 Å². The number of hydrogen-bond donors (Lipinski definition) is 2. The minimum absolute atomic E-state index is 0.0349. The van der Waals surface area contributed by atoms with Gasteiger partial charge in [-0.1, -0.05) is 60.7 Å². The average Bonchev–Trinajstić information content (AvgIpc) is 3.07. The van der Waals surface area contributed by atoms with Crippen LogP contribution >= 0.6 is 22.6 Å². The lowest BCUT2D eigenvalue weighted by Gasteiger charge is -2.19. The number of benzene rings is 3. The standard InChI is InChI=1S/C25H22INO4/c26-17-11-9-16(10-12-17)13-18(14-24(28)29)27-25(30)31-15-23-21-7-3-1-5-19(21)20-6-2-4-8-22(20)23/h1-12,18,23H,13-15H2,(H,27,30)(H,28,29). The molecule has 6 heteroatoms. The molecule has 3 aromatic carbocycles. The van der Waals surface area contributed by atoms with Crippen LogP contribution in [-0.4, -0.2) is 29.8 Å². The summed E-state index contributed by atoms with van der Waals surface area (Å²) in [5.41, 5.74) is 5.56. The highest BCUT2D eigenvalue weighted by molar-refractivity contribution is 14.1. The van der Waals surface area contributed by atoms with Crippen LogP contribution in [0.1, 0.15) is 29.0 Å². The van der Waals surface area contributed by atoms with Crippen LogP contribution in [0.2, 0.25) is 0 Å². The van der Waals surface area contributed by atoms with Crippen LogP contribution in [0.4, 0.5) is 4.79 Å². The second-order valence-corrected chi connectivity index (χ2v) is 8.84. The first-order valence-electron chi connectivity index (χ1n) is 10.1. The molecule has 1 aliphatic carbocycles. The van der Waals surface area contributed by atoms with E-state index < -0.39 is 18.1 Å². The Balaban J connectivity index is 1.42. The van der Waals surface area contributed by atoms with E-state index in [1.165, 1.54) is 0 Å². The first-order chi connectivity index (χ1) is 15.0. The Morgan fingerprint density at radius 3 is 2.10 bits per heavy atom. The van der Waals surface area contributed by atoms with Gasteiger partial charge in [0.2, 0.25) is 0 Å². The van der Waals surface area contributed by atoms with E-state index >= 15 is 0 Å². The van der Waals surface area contributed by atoms with Crippen molar-refractivity contribution in [1.82, 2.24) is 5.32 Å². The second-order valence-electron chi connectivity index (χ2n) is 7.60. The number of hydrogen-bond acceptors (Lipinski definition) is 3. The summed E-state index contributed by atoms with van der Waals surface area (Å²) >= 11 is 2.22. The molecule has 2 N–H and O–H groups in total. The van der Waals surface area contributed by atoms with E-state index in [-0.39, 0.29) is 18.9 Å². The Labute approximate surface area is 194 Å². The summed E-state index contributed by atoms with van der Waals surface area (Å²) in [5.74, 6) is -0.998. The molecule has 0 heterocycles. The number of alkyl carbamates (subject to hydrolysis) is 1. The number of ether oxygens (including phenoxy) is 1. The number of nitrogens with one attached hydrogen (secondary N) is 1. The summed E-state index contributed by atoms with van der Waals surface area (Å²) in [5, 5.41) is 12.0. The molecule has 0 fully saturated rings. The largest absolute Gasteiger partial charge is 0.481 e. The minimum atomic E-state index is -0.963. The molecule has 31 heavy (non-hydrogen) atoms. The molecule has 3 aromatic rings. The molecule has 158 valence electrons. The number of aliphatic carboxylic acids is 1. The SMILES string of the molecule is O=C(O)CC(Cc1ccc(I)cc1)NC(=O)OCC1c2ccccc2-c2ccccc21. The van der Waals surface area contributed by atoms with Crippen molar-refractivity contribution >= 4 is 34.7 Å². The molecule has 1 atom stereocenters. The smallest absolute Gasteiger partial charge is 0.407 e. The van der Waals surface area contributed by atoms with Crippen LogP contribution in [-0.2, 0) is 16.0 Å². The number of fused-ring (bicyclic) bond motifs is 3. The predicted octanol–water partition coefficient (Wildman–Crippen LogP) is 5.22. The topological polar surface area (TPSA) is 75.6 Å². The molecule has 1 unspecified atom stereocenters. The first-order valence-corrected chi connectivity index (χ1v) is 11.2. The fourth-order valence-corrected chi connectivity index (χ4v) is 4.46. The Hall–Kier alpha value is -2.87. The van der Waals surface area contributed by atoms with E-state index in [9.17, 15) is 14.7 Å². The number of amides is 1. The highest BCUT2D eigenvalue weighted by Crippen LogP contribution is 2.44. The van der Waals surface area contributed by atoms with Gasteiger partial charge in [0.25, 0.3) is 0 Å². The van der Waals surface area contributed by atoms with E-state index in [0.29, 0.717) is 6.42 Å². The van der Waals surface area contributed by atoms with Gasteiger partial charge in [0.05, 0.1) is 6.42 Å². The third-order valence-electron chi connectivity index (χ3n) is 5.48. The number of carboxylic acids is 1. The third-order valence-corrected chi connectivity index (χ3v) is 6.20. The van der Waals surface area contributed by atoms with Crippen molar-refractivity contribution in [2.24, 2.45) is 0 Å². The van der Waals surface area contributed by atoms with Crippen molar-refractivity contribution in [1.29, 1.82) is 0 Å². The van der Waals surface area contributed by atoms with Crippen molar-refractivity contribution in [3.63, 3.8) is 0 Å². The molecule has 0 radical (unpaired) electrons. The summed E-state index contributed by atoms with van der Waals surface area (Å²) in [6.07, 6.45) is -0.345. The summed E-state index contributed by atoms with van der Waals surface area (Å²) in [4.78, 5) is 23.8. The molecular weight excluding hydrogens is 505 g/mol.